The van der Waals surface area contributed by atoms with Gasteiger partial charge in [0.2, 0.25) is 5.91 Å². The lowest BCUT2D eigenvalue weighted by Gasteiger charge is -2.17. The second-order valence-electron chi connectivity index (χ2n) is 4.08. The van der Waals surface area contributed by atoms with Crippen molar-refractivity contribution in [3.05, 3.63) is 23.8 Å². The minimum Gasteiger partial charge on any atom is -0.493 e. The second kappa shape index (κ2) is 8.02. The summed E-state index contributed by atoms with van der Waals surface area (Å²) in [5, 5.41) is 15.0. The Hall–Kier alpha value is -2.26. The van der Waals surface area contributed by atoms with Gasteiger partial charge in [0.1, 0.15) is 6.04 Å². The van der Waals surface area contributed by atoms with E-state index in [1.54, 1.807) is 25.3 Å². The first kappa shape index (κ1) is 15.8. The van der Waals surface area contributed by atoms with Crippen LogP contribution in [0, 0.1) is 11.3 Å². The van der Waals surface area contributed by atoms with E-state index in [1.165, 1.54) is 14.0 Å². The monoisotopic (exact) mass is 277 g/mol. The van der Waals surface area contributed by atoms with Gasteiger partial charge in [-0.15, -0.1) is 0 Å². The molecule has 0 fully saturated rings. The van der Waals surface area contributed by atoms with E-state index in [4.69, 9.17) is 9.47 Å². The van der Waals surface area contributed by atoms with Crippen LogP contribution in [0.1, 0.15) is 18.5 Å². The number of nitrogens with zero attached hydrogens (tertiary/aromatic N) is 1. The van der Waals surface area contributed by atoms with Crippen molar-refractivity contribution in [3.63, 3.8) is 0 Å². The van der Waals surface area contributed by atoms with Gasteiger partial charge in [-0.1, -0.05) is 12.1 Å². The highest BCUT2D eigenvalue weighted by molar-refractivity contribution is 5.72. The Morgan fingerprint density at radius 1 is 1.35 bits per heavy atom. The molecule has 0 bridgehead atoms. The zero-order valence-corrected chi connectivity index (χ0v) is 11.9. The summed E-state index contributed by atoms with van der Waals surface area (Å²) in [4.78, 5) is 10.8. The lowest BCUT2D eigenvalue weighted by Crippen LogP contribution is -2.32. The molecular formula is C14H19N3O3. The maximum Gasteiger partial charge on any atom is 0.216 e. The molecule has 0 spiro atoms. The third-order valence-electron chi connectivity index (χ3n) is 2.72. The number of hydrogen-bond acceptors (Lipinski definition) is 5. The minimum absolute atomic E-state index is 0.0979. The first-order chi connectivity index (χ1) is 9.63. The summed E-state index contributed by atoms with van der Waals surface area (Å²) >= 11 is 0. The zero-order chi connectivity index (χ0) is 15.0. The van der Waals surface area contributed by atoms with Crippen LogP contribution in [0.15, 0.2) is 18.2 Å². The molecule has 1 rings (SSSR count). The van der Waals surface area contributed by atoms with Crippen molar-refractivity contribution >= 4 is 5.91 Å². The fraction of sp³-hybridized carbons (Fsp3) is 0.429. The molecule has 0 heterocycles. The molecular weight excluding hydrogens is 258 g/mol. The van der Waals surface area contributed by atoms with E-state index in [1.807, 2.05) is 0 Å². The van der Waals surface area contributed by atoms with Gasteiger partial charge in [0.25, 0.3) is 0 Å². The van der Waals surface area contributed by atoms with Crippen molar-refractivity contribution in [2.24, 2.45) is 0 Å². The van der Waals surface area contributed by atoms with Gasteiger partial charge < -0.3 is 14.8 Å². The molecule has 0 aliphatic rings. The summed E-state index contributed by atoms with van der Waals surface area (Å²) in [5.74, 6) is 1.02. The molecule has 2 N–H and O–H groups in total. The van der Waals surface area contributed by atoms with Gasteiger partial charge in [-0.2, -0.15) is 5.26 Å². The highest BCUT2D eigenvalue weighted by Crippen LogP contribution is 2.34. The van der Waals surface area contributed by atoms with Crippen molar-refractivity contribution in [2.75, 3.05) is 27.3 Å². The number of amides is 1. The average molecular weight is 277 g/mol. The Bertz CT molecular complexity index is 497. The molecule has 20 heavy (non-hydrogen) atoms. The van der Waals surface area contributed by atoms with Crippen molar-refractivity contribution < 1.29 is 14.3 Å². The number of hydrogen-bond donors (Lipinski definition) is 2. The van der Waals surface area contributed by atoms with Crippen LogP contribution in [0.25, 0.3) is 0 Å². The number of ether oxygens (including phenoxy) is 2. The molecule has 1 amide bonds. The molecule has 0 aliphatic heterocycles. The SMILES string of the molecule is COc1cccc(C(C#N)NCCNC(C)=O)c1OC. The highest BCUT2D eigenvalue weighted by Gasteiger charge is 2.18. The van der Waals surface area contributed by atoms with E-state index >= 15 is 0 Å². The van der Waals surface area contributed by atoms with Crippen molar-refractivity contribution in [1.82, 2.24) is 10.6 Å². The van der Waals surface area contributed by atoms with E-state index in [0.717, 1.165) is 0 Å². The quantitative estimate of drug-likeness (QED) is 0.726. The second-order valence-corrected chi connectivity index (χ2v) is 4.08. The van der Waals surface area contributed by atoms with Crippen LogP contribution < -0.4 is 20.1 Å². The van der Waals surface area contributed by atoms with E-state index in [2.05, 4.69) is 16.7 Å². The number of para-hydroxylation sites is 1. The van der Waals surface area contributed by atoms with E-state index < -0.39 is 6.04 Å². The van der Waals surface area contributed by atoms with Gasteiger partial charge >= 0.3 is 0 Å². The number of nitriles is 1. The van der Waals surface area contributed by atoms with Crippen molar-refractivity contribution in [2.45, 2.75) is 13.0 Å². The van der Waals surface area contributed by atoms with Gasteiger partial charge in [-0.3, -0.25) is 10.1 Å². The average Bonchev–Trinajstić information content (AvgIpc) is 2.46. The number of nitrogens with one attached hydrogen (secondary N) is 2. The van der Waals surface area contributed by atoms with Crippen LogP contribution in [-0.2, 0) is 4.79 Å². The van der Waals surface area contributed by atoms with Gasteiger partial charge in [0.05, 0.1) is 20.3 Å². The number of benzene rings is 1. The van der Waals surface area contributed by atoms with Crippen LogP contribution >= 0.6 is 0 Å². The maximum atomic E-state index is 10.8. The van der Waals surface area contributed by atoms with Crippen LogP contribution in [-0.4, -0.2) is 33.2 Å². The topological polar surface area (TPSA) is 83.4 Å². The molecule has 1 aromatic rings. The molecule has 6 nitrogen and oxygen atoms in total. The predicted molar refractivity (Wildman–Crippen MR) is 74.6 cm³/mol. The van der Waals surface area contributed by atoms with Crippen LogP contribution in [0.4, 0.5) is 0 Å². The zero-order valence-electron chi connectivity index (χ0n) is 11.9. The molecule has 0 aliphatic carbocycles. The Morgan fingerprint density at radius 3 is 2.65 bits per heavy atom. The molecule has 1 atom stereocenters. The summed E-state index contributed by atoms with van der Waals surface area (Å²) in [5.41, 5.74) is 0.706. The molecule has 0 saturated heterocycles. The normalized spacial score (nSPS) is 11.3. The summed E-state index contributed by atoms with van der Waals surface area (Å²) in [6.07, 6.45) is 0. The maximum absolute atomic E-state index is 10.8. The summed E-state index contributed by atoms with van der Waals surface area (Å²) < 4.78 is 10.5. The number of carbonyl (C=O) groups is 1. The van der Waals surface area contributed by atoms with Crippen LogP contribution in [0.5, 0.6) is 11.5 Å². The van der Waals surface area contributed by atoms with Crippen molar-refractivity contribution in [1.29, 1.82) is 5.26 Å². The smallest absolute Gasteiger partial charge is 0.216 e. The lowest BCUT2D eigenvalue weighted by molar-refractivity contribution is -0.118. The Balaban J connectivity index is 2.79. The predicted octanol–water partition coefficient (Wildman–Crippen LogP) is 0.994. The number of carbonyl (C=O) groups excluding carboxylic acids is 1. The third kappa shape index (κ3) is 4.14. The van der Waals surface area contributed by atoms with E-state index in [0.29, 0.717) is 30.2 Å². The van der Waals surface area contributed by atoms with Crippen LogP contribution in [0.3, 0.4) is 0 Å². The summed E-state index contributed by atoms with van der Waals surface area (Å²) in [6.45, 7) is 2.39. The van der Waals surface area contributed by atoms with Gasteiger partial charge in [-0.25, -0.2) is 0 Å². The molecule has 0 aromatic heterocycles. The fourth-order valence-corrected chi connectivity index (χ4v) is 1.82. The molecule has 6 heteroatoms. The molecule has 1 aromatic carbocycles. The lowest BCUT2D eigenvalue weighted by atomic mass is 10.1. The van der Waals surface area contributed by atoms with Gasteiger partial charge in [0, 0.05) is 25.6 Å². The summed E-state index contributed by atoms with van der Waals surface area (Å²) in [6, 6.07) is 7.02. The first-order valence-corrected chi connectivity index (χ1v) is 6.22. The van der Waals surface area contributed by atoms with Gasteiger partial charge in [0.15, 0.2) is 11.5 Å². The molecule has 1 unspecified atom stereocenters. The molecule has 0 radical (unpaired) electrons. The first-order valence-electron chi connectivity index (χ1n) is 6.22. The molecule has 0 saturated carbocycles. The Morgan fingerprint density at radius 2 is 2.10 bits per heavy atom. The number of rotatable bonds is 7. The highest BCUT2D eigenvalue weighted by atomic mass is 16.5. The Labute approximate surface area is 118 Å². The third-order valence-corrected chi connectivity index (χ3v) is 2.72. The van der Waals surface area contributed by atoms with E-state index in [9.17, 15) is 10.1 Å². The standard InChI is InChI=1S/C14H19N3O3/c1-10(18)16-7-8-17-12(9-15)11-5-4-6-13(19-2)14(11)20-3/h4-6,12,17H,7-8H2,1-3H3,(H,16,18). The summed E-state index contributed by atoms with van der Waals surface area (Å²) in [7, 11) is 3.08. The van der Waals surface area contributed by atoms with Crippen LogP contribution in [0.2, 0.25) is 0 Å². The Kier molecular flexibility index (Phi) is 6.33. The fourth-order valence-electron chi connectivity index (χ4n) is 1.82. The number of methoxy groups -OCH3 is 2. The largest absolute Gasteiger partial charge is 0.493 e. The van der Waals surface area contributed by atoms with E-state index in [-0.39, 0.29) is 5.91 Å². The molecule has 108 valence electrons. The minimum atomic E-state index is -0.534. The van der Waals surface area contributed by atoms with Gasteiger partial charge in [-0.05, 0) is 6.07 Å². The van der Waals surface area contributed by atoms with Crippen molar-refractivity contribution in [3.8, 4) is 17.6 Å².